The van der Waals surface area contributed by atoms with Gasteiger partial charge in [-0.15, -0.1) is 0 Å². The zero-order chi connectivity index (χ0) is 17.9. The van der Waals surface area contributed by atoms with Crippen LogP contribution in [0.1, 0.15) is 32.1 Å². The minimum Gasteiger partial charge on any atom is -0.550 e. The van der Waals surface area contributed by atoms with Crippen molar-refractivity contribution in [1.82, 2.24) is 4.72 Å². The number of nitrogens with one attached hydrogen (secondary N) is 1. The third-order valence-electron chi connectivity index (χ3n) is 4.73. The number of rotatable bonds is 9. The Kier molecular flexibility index (Phi) is 7.88. The predicted molar refractivity (Wildman–Crippen MR) is 89.9 cm³/mol. The molecule has 1 unspecified atom stereocenters. The summed E-state index contributed by atoms with van der Waals surface area (Å²) in [4.78, 5) is 10.6. The Morgan fingerprint density at radius 2 is 2.00 bits per heavy atom. The number of hydrogen-bond acceptors (Lipinski definition) is 5. The SMILES string of the molecule is O=C([O-])CCC/C=C\C[C@H]1C2O[C@H]2C[C@@H]1NS(=O)(=O)c1ccccc1.[Na+]. The van der Waals surface area contributed by atoms with E-state index in [0.717, 1.165) is 0 Å². The van der Waals surface area contributed by atoms with E-state index in [1.165, 1.54) is 0 Å². The van der Waals surface area contributed by atoms with Gasteiger partial charge in [0.15, 0.2) is 0 Å². The third-order valence-corrected chi connectivity index (χ3v) is 6.24. The van der Waals surface area contributed by atoms with E-state index in [2.05, 4.69) is 4.72 Å². The van der Waals surface area contributed by atoms with Crippen molar-refractivity contribution < 1.29 is 52.6 Å². The smallest absolute Gasteiger partial charge is 0.550 e. The summed E-state index contributed by atoms with van der Waals surface area (Å²) in [5.41, 5.74) is 0. The quantitative estimate of drug-likeness (QED) is 0.229. The van der Waals surface area contributed by atoms with Crippen LogP contribution in [-0.4, -0.2) is 32.6 Å². The zero-order valence-electron chi connectivity index (χ0n) is 14.8. The number of fused-ring (bicyclic) bond motifs is 1. The first-order valence-electron chi connectivity index (χ1n) is 8.55. The summed E-state index contributed by atoms with van der Waals surface area (Å²) >= 11 is 0. The number of carbonyl (C=O) groups is 1. The number of allylic oxidation sites excluding steroid dienone is 2. The van der Waals surface area contributed by atoms with Crippen LogP contribution < -0.4 is 39.4 Å². The van der Waals surface area contributed by atoms with Gasteiger partial charge in [-0.1, -0.05) is 30.4 Å². The number of carboxylic acid groups (broad SMARTS) is 1. The van der Waals surface area contributed by atoms with Crippen molar-refractivity contribution in [1.29, 1.82) is 0 Å². The number of carboxylic acids is 1. The monoisotopic (exact) mass is 387 g/mol. The molecule has 1 aromatic rings. The van der Waals surface area contributed by atoms with Gasteiger partial charge in [0.05, 0.1) is 17.1 Å². The second-order valence-corrected chi connectivity index (χ2v) is 8.26. The van der Waals surface area contributed by atoms with E-state index in [1.807, 2.05) is 12.2 Å². The van der Waals surface area contributed by atoms with Crippen LogP contribution in [0.3, 0.4) is 0 Å². The molecular weight excluding hydrogens is 365 g/mol. The van der Waals surface area contributed by atoms with Gasteiger partial charge >= 0.3 is 29.6 Å². The van der Waals surface area contributed by atoms with Crippen LogP contribution >= 0.6 is 0 Å². The maximum absolute atomic E-state index is 12.5. The molecule has 136 valence electrons. The van der Waals surface area contributed by atoms with Crippen molar-refractivity contribution in [2.24, 2.45) is 5.92 Å². The van der Waals surface area contributed by atoms with E-state index >= 15 is 0 Å². The Bertz CT molecular complexity index is 737. The average molecular weight is 387 g/mol. The first-order chi connectivity index (χ1) is 12.0. The molecule has 1 heterocycles. The molecule has 3 rings (SSSR count). The van der Waals surface area contributed by atoms with Gasteiger partial charge in [0, 0.05) is 17.9 Å². The van der Waals surface area contributed by atoms with Gasteiger partial charge in [0.2, 0.25) is 10.0 Å². The van der Waals surface area contributed by atoms with Crippen molar-refractivity contribution >= 4 is 16.0 Å². The van der Waals surface area contributed by atoms with Crippen molar-refractivity contribution in [3.8, 4) is 0 Å². The van der Waals surface area contributed by atoms with Crippen LogP contribution in [0.25, 0.3) is 0 Å². The molecule has 0 bridgehead atoms. The van der Waals surface area contributed by atoms with Crippen LogP contribution in [0.5, 0.6) is 0 Å². The molecule has 1 saturated heterocycles. The summed E-state index contributed by atoms with van der Waals surface area (Å²) in [6, 6.07) is 8.22. The van der Waals surface area contributed by atoms with Crippen molar-refractivity contribution in [2.75, 3.05) is 0 Å². The van der Waals surface area contributed by atoms with Gasteiger partial charge < -0.3 is 14.6 Å². The fourth-order valence-electron chi connectivity index (χ4n) is 3.41. The Labute approximate surface area is 176 Å². The number of aliphatic carboxylic acids is 1. The Balaban J connectivity index is 0.00000243. The molecule has 26 heavy (non-hydrogen) atoms. The number of sulfonamides is 1. The van der Waals surface area contributed by atoms with E-state index in [-0.39, 0.29) is 65.0 Å². The second kappa shape index (κ2) is 9.48. The average Bonchev–Trinajstić information content (AvgIpc) is 3.25. The molecule has 1 N–H and O–H groups in total. The van der Waals surface area contributed by atoms with Gasteiger partial charge in [0.25, 0.3) is 0 Å². The van der Waals surface area contributed by atoms with Crippen molar-refractivity contribution in [3.63, 3.8) is 0 Å². The largest absolute Gasteiger partial charge is 1.00 e. The number of hydrogen-bond donors (Lipinski definition) is 1. The minimum absolute atomic E-state index is 0. The first kappa shape index (κ1) is 21.6. The summed E-state index contributed by atoms with van der Waals surface area (Å²) in [6.45, 7) is 0. The molecule has 6 nitrogen and oxygen atoms in total. The van der Waals surface area contributed by atoms with Gasteiger partial charge in [-0.25, -0.2) is 13.1 Å². The molecule has 2 aliphatic rings. The molecule has 8 heteroatoms. The van der Waals surface area contributed by atoms with Gasteiger partial charge in [-0.3, -0.25) is 0 Å². The molecule has 4 atom stereocenters. The summed E-state index contributed by atoms with van der Waals surface area (Å²) in [5, 5.41) is 10.4. The van der Waals surface area contributed by atoms with Crippen molar-refractivity contribution in [3.05, 3.63) is 42.5 Å². The Hall–Kier alpha value is -0.700. The summed E-state index contributed by atoms with van der Waals surface area (Å²) in [7, 11) is -3.53. The van der Waals surface area contributed by atoms with E-state index in [0.29, 0.717) is 25.7 Å². The summed E-state index contributed by atoms with van der Waals surface area (Å²) < 4.78 is 33.4. The van der Waals surface area contributed by atoms with Crippen LogP contribution in [0.4, 0.5) is 0 Å². The fourth-order valence-corrected chi connectivity index (χ4v) is 4.73. The van der Waals surface area contributed by atoms with E-state index in [9.17, 15) is 18.3 Å². The molecule has 1 aromatic carbocycles. The molecule has 1 aliphatic heterocycles. The van der Waals surface area contributed by atoms with Crippen LogP contribution in [0.2, 0.25) is 0 Å². The fraction of sp³-hybridized carbons (Fsp3) is 0.500. The number of epoxide rings is 1. The maximum Gasteiger partial charge on any atom is 1.00 e. The molecular formula is C18H22NNaO5S. The number of benzene rings is 1. The van der Waals surface area contributed by atoms with Crippen molar-refractivity contribution in [2.45, 2.75) is 55.2 Å². The normalized spacial score (nSPS) is 27.1. The third kappa shape index (κ3) is 5.65. The predicted octanol–water partition coefficient (Wildman–Crippen LogP) is -2.01. The van der Waals surface area contributed by atoms with E-state index in [1.54, 1.807) is 30.3 Å². The number of carbonyl (C=O) groups excluding carboxylic acids is 1. The van der Waals surface area contributed by atoms with E-state index in [4.69, 9.17) is 4.74 Å². The van der Waals surface area contributed by atoms with Crippen LogP contribution in [-0.2, 0) is 19.6 Å². The number of unbranched alkanes of at least 4 members (excludes halogenated alkanes) is 1. The van der Waals surface area contributed by atoms with E-state index < -0.39 is 16.0 Å². The molecule has 0 radical (unpaired) electrons. The first-order valence-corrected chi connectivity index (χ1v) is 10.0. The standard InChI is InChI=1S/C18H23NO5S.Na/c20-17(21)11-7-2-1-6-10-14-15(12-16-18(14)24-16)19-25(22,23)13-8-4-3-5-9-13;/h1,3-6,8-9,14-16,18-19H,2,7,10-12H2,(H,20,21);/q;+1/p-1/b6-1-;/t14-,15+,16+,18?;/m1./s1. The van der Waals surface area contributed by atoms with Gasteiger partial charge in [-0.05, 0) is 44.2 Å². The zero-order valence-corrected chi connectivity index (χ0v) is 17.7. The van der Waals surface area contributed by atoms with Gasteiger partial charge in [-0.2, -0.15) is 0 Å². The van der Waals surface area contributed by atoms with Crippen LogP contribution in [0, 0.1) is 5.92 Å². The molecule has 1 saturated carbocycles. The van der Waals surface area contributed by atoms with Crippen LogP contribution in [0.15, 0.2) is 47.4 Å². The summed E-state index contributed by atoms with van der Waals surface area (Å²) in [6.07, 6.45) is 6.91. The molecule has 1 aliphatic carbocycles. The Morgan fingerprint density at radius 3 is 2.69 bits per heavy atom. The molecule has 0 amide bonds. The molecule has 0 aromatic heterocycles. The maximum atomic E-state index is 12.5. The molecule has 2 fully saturated rings. The number of ether oxygens (including phenoxy) is 1. The van der Waals surface area contributed by atoms with Gasteiger partial charge in [0.1, 0.15) is 0 Å². The molecule has 0 spiro atoms. The minimum atomic E-state index is -3.53. The summed E-state index contributed by atoms with van der Waals surface area (Å²) in [5.74, 6) is -0.922. The topological polar surface area (TPSA) is 98.8 Å². The Morgan fingerprint density at radius 1 is 1.27 bits per heavy atom. The second-order valence-electron chi connectivity index (χ2n) is 6.55.